The maximum Gasteiger partial charge on any atom is 0.115 e. The molecule has 2 heterocycles. The molecule has 2 aromatic rings. The lowest BCUT2D eigenvalue weighted by Crippen LogP contribution is -2.13. The zero-order valence-electron chi connectivity index (χ0n) is 9.43. The van der Waals surface area contributed by atoms with Crippen molar-refractivity contribution in [3.63, 3.8) is 0 Å². The molecule has 4 heteroatoms. The zero-order valence-corrected chi connectivity index (χ0v) is 9.43. The van der Waals surface area contributed by atoms with Gasteiger partial charge in [0.25, 0.3) is 0 Å². The van der Waals surface area contributed by atoms with Crippen molar-refractivity contribution in [2.45, 2.75) is 26.6 Å². The zero-order chi connectivity index (χ0) is 11.2. The number of nitrogens with zero attached hydrogens (tertiary/aromatic N) is 3. The van der Waals surface area contributed by atoms with Crippen LogP contribution >= 0.6 is 0 Å². The lowest BCUT2D eigenvalue weighted by molar-refractivity contribution is 0.674. The van der Waals surface area contributed by atoms with Gasteiger partial charge in [-0.1, -0.05) is 0 Å². The Balaban J connectivity index is 1.80. The third kappa shape index (κ3) is 2.90. The summed E-state index contributed by atoms with van der Waals surface area (Å²) < 4.78 is 2.17. The van der Waals surface area contributed by atoms with E-state index in [0.717, 1.165) is 25.3 Å². The quantitative estimate of drug-likeness (QED) is 0.825. The minimum atomic E-state index is 0.778. The van der Waals surface area contributed by atoms with E-state index in [4.69, 9.17) is 0 Å². The Morgan fingerprint density at radius 2 is 2.25 bits per heavy atom. The number of aryl methyl sites for hydroxylation is 1. The molecule has 0 radical (unpaired) electrons. The van der Waals surface area contributed by atoms with Crippen LogP contribution in [-0.2, 0) is 19.6 Å². The Kier molecular flexibility index (Phi) is 3.66. The molecule has 16 heavy (non-hydrogen) atoms. The average molecular weight is 216 g/mol. The molecule has 2 aromatic heterocycles. The highest BCUT2D eigenvalue weighted by atomic mass is 14.9. The Labute approximate surface area is 95.4 Å². The summed E-state index contributed by atoms with van der Waals surface area (Å²) in [6.07, 6.45) is 7.59. The molecule has 4 nitrogen and oxygen atoms in total. The lowest BCUT2D eigenvalue weighted by atomic mass is 10.3. The molecule has 0 saturated heterocycles. The van der Waals surface area contributed by atoms with E-state index in [1.807, 2.05) is 6.07 Å². The van der Waals surface area contributed by atoms with E-state index < -0.39 is 0 Å². The molecular formula is C12H16N4. The first-order valence-electron chi connectivity index (χ1n) is 5.48. The number of hydrogen-bond donors (Lipinski definition) is 1. The molecule has 2 rings (SSSR count). The fourth-order valence-electron chi connectivity index (χ4n) is 1.55. The second kappa shape index (κ2) is 5.42. The van der Waals surface area contributed by atoms with Crippen LogP contribution in [-0.4, -0.2) is 14.5 Å². The van der Waals surface area contributed by atoms with E-state index in [9.17, 15) is 0 Å². The molecule has 0 spiro atoms. The van der Waals surface area contributed by atoms with E-state index in [-0.39, 0.29) is 0 Å². The molecule has 0 aliphatic carbocycles. The van der Waals surface area contributed by atoms with Gasteiger partial charge in [-0.2, -0.15) is 0 Å². The maximum absolute atomic E-state index is 4.15. The van der Waals surface area contributed by atoms with Crippen LogP contribution in [0.1, 0.15) is 18.2 Å². The monoisotopic (exact) mass is 216 g/mol. The van der Waals surface area contributed by atoms with Gasteiger partial charge >= 0.3 is 0 Å². The molecule has 0 aliphatic heterocycles. The van der Waals surface area contributed by atoms with Gasteiger partial charge in [0.2, 0.25) is 0 Å². The summed E-state index contributed by atoms with van der Waals surface area (Å²) in [5.41, 5.74) is 2.32. The first-order valence-corrected chi connectivity index (χ1v) is 5.48. The summed E-state index contributed by atoms with van der Waals surface area (Å²) in [7, 11) is 0. The van der Waals surface area contributed by atoms with Gasteiger partial charge in [0.1, 0.15) is 6.33 Å². The van der Waals surface area contributed by atoms with E-state index in [2.05, 4.69) is 45.2 Å². The van der Waals surface area contributed by atoms with Crippen LogP contribution in [0.25, 0.3) is 0 Å². The van der Waals surface area contributed by atoms with Crippen molar-refractivity contribution in [1.82, 2.24) is 19.9 Å². The highest BCUT2D eigenvalue weighted by molar-refractivity contribution is 5.10. The van der Waals surface area contributed by atoms with Crippen LogP contribution in [0.2, 0.25) is 0 Å². The SMILES string of the molecule is CCn1ccc(CNCc2ccncn2)c1. The molecule has 84 valence electrons. The van der Waals surface area contributed by atoms with Gasteiger partial charge in [0, 0.05) is 38.2 Å². The first-order chi connectivity index (χ1) is 7.88. The minimum Gasteiger partial charge on any atom is -0.354 e. The van der Waals surface area contributed by atoms with E-state index in [0.29, 0.717) is 0 Å². The van der Waals surface area contributed by atoms with Crippen molar-refractivity contribution in [2.75, 3.05) is 0 Å². The number of nitrogens with one attached hydrogen (secondary N) is 1. The summed E-state index contributed by atoms with van der Waals surface area (Å²) >= 11 is 0. The van der Waals surface area contributed by atoms with E-state index >= 15 is 0 Å². The normalized spacial score (nSPS) is 10.6. The first kappa shape index (κ1) is 10.8. The highest BCUT2D eigenvalue weighted by Gasteiger charge is 1.96. The largest absolute Gasteiger partial charge is 0.354 e. The van der Waals surface area contributed by atoms with Crippen LogP contribution in [0.4, 0.5) is 0 Å². The fraction of sp³-hybridized carbons (Fsp3) is 0.333. The topological polar surface area (TPSA) is 42.7 Å². The molecule has 0 aliphatic rings. The summed E-state index contributed by atoms with van der Waals surface area (Å²) in [5.74, 6) is 0. The predicted octanol–water partition coefficient (Wildman–Crippen LogP) is 1.59. The van der Waals surface area contributed by atoms with Crippen molar-refractivity contribution < 1.29 is 0 Å². The summed E-state index contributed by atoms with van der Waals surface area (Å²) in [4.78, 5) is 8.04. The van der Waals surface area contributed by atoms with Gasteiger partial charge in [-0.3, -0.25) is 0 Å². The Morgan fingerprint density at radius 3 is 2.94 bits per heavy atom. The maximum atomic E-state index is 4.15. The lowest BCUT2D eigenvalue weighted by Gasteiger charge is -2.02. The number of hydrogen-bond acceptors (Lipinski definition) is 3. The molecule has 0 bridgehead atoms. The minimum absolute atomic E-state index is 0.778. The Morgan fingerprint density at radius 1 is 1.31 bits per heavy atom. The van der Waals surface area contributed by atoms with Crippen molar-refractivity contribution in [2.24, 2.45) is 0 Å². The van der Waals surface area contributed by atoms with Gasteiger partial charge in [-0.15, -0.1) is 0 Å². The average Bonchev–Trinajstić information content (AvgIpc) is 2.78. The van der Waals surface area contributed by atoms with Crippen molar-refractivity contribution >= 4 is 0 Å². The second-order valence-corrected chi connectivity index (χ2v) is 3.65. The number of rotatable bonds is 5. The summed E-state index contributed by atoms with van der Waals surface area (Å²) in [5, 5.41) is 3.35. The third-order valence-electron chi connectivity index (χ3n) is 2.46. The van der Waals surface area contributed by atoms with Gasteiger partial charge in [0.05, 0.1) is 5.69 Å². The van der Waals surface area contributed by atoms with E-state index in [1.54, 1.807) is 12.5 Å². The molecule has 1 N–H and O–H groups in total. The third-order valence-corrected chi connectivity index (χ3v) is 2.46. The smallest absolute Gasteiger partial charge is 0.115 e. The fourth-order valence-corrected chi connectivity index (χ4v) is 1.55. The standard InChI is InChI=1S/C12H16N4/c1-2-16-6-4-11(9-16)7-14-8-12-3-5-13-10-15-12/h3-6,9-10,14H,2,7-8H2,1H3. The Hall–Kier alpha value is -1.68. The van der Waals surface area contributed by atoms with Crippen LogP contribution in [0.15, 0.2) is 37.1 Å². The van der Waals surface area contributed by atoms with Crippen molar-refractivity contribution in [3.05, 3.63) is 48.3 Å². The van der Waals surface area contributed by atoms with Gasteiger partial charge < -0.3 is 9.88 Å². The van der Waals surface area contributed by atoms with Crippen LogP contribution in [0.5, 0.6) is 0 Å². The predicted molar refractivity (Wildman–Crippen MR) is 62.7 cm³/mol. The second-order valence-electron chi connectivity index (χ2n) is 3.65. The van der Waals surface area contributed by atoms with Gasteiger partial charge in [-0.25, -0.2) is 9.97 Å². The van der Waals surface area contributed by atoms with Gasteiger partial charge in [0.15, 0.2) is 0 Å². The van der Waals surface area contributed by atoms with Crippen molar-refractivity contribution in [3.8, 4) is 0 Å². The molecule has 0 fully saturated rings. The molecular weight excluding hydrogens is 200 g/mol. The molecule has 0 amide bonds. The number of aromatic nitrogens is 3. The summed E-state index contributed by atoms with van der Waals surface area (Å²) in [6, 6.07) is 4.06. The van der Waals surface area contributed by atoms with E-state index in [1.165, 1.54) is 5.56 Å². The molecule has 0 unspecified atom stereocenters. The molecule has 0 saturated carbocycles. The summed E-state index contributed by atoms with van der Waals surface area (Å²) in [6.45, 7) is 4.81. The Bertz CT molecular complexity index is 422. The van der Waals surface area contributed by atoms with Gasteiger partial charge in [-0.05, 0) is 24.6 Å². The van der Waals surface area contributed by atoms with Crippen molar-refractivity contribution in [1.29, 1.82) is 0 Å². The van der Waals surface area contributed by atoms with Crippen LogP contribution in [0.3, 0.4) is 0 Å². The van der Waals surface area contributed by atoms with Crippen LogP contribution < -0.4 is 5.32 Å². The molecule has 0 aromatic carbocycles. The molecule has 0 atom stereocenters. The van der Waals surface area contributed by atoms with Crippen LogP contribution in [0, 0.1) is 0 Å². The highest BCUT2D eigenvalue weighted by Crippen LogP contribution is 2.01.